The highest BCUT2D eigenvalue weighted by Crippen LogP contribution is 2.25. The first-order valence-electron chi connectivity index (χ1n) is 6.82. The predicted octanol–water partition coefficient (Wildman–Crippen LogP) is 2.18. The standard InChI is InChI=1S/C16H20N2O3S/c1-18(2)22(19,20)17-16(13-7-5-4-6-8-13)14-9-11-15(21-3)12-10-14/h4-12,16-17H,1-3H3/t16-/m1/s1. The van der Waals surface area contributed by atoms with Crippen LogP contribution in [0, 0.1) is 0 Å². The van der Waals surface area contributed by atoms with Crippen molar-refractivity contribution in [3.8, 4) is 5.75 Å². The maximum atomic E-state index is 12.2. The Bertz CT molecular complexity index is 698. The van der Waals surface area contributed by atoms with E-state index in [2.05, 4.69) is 4.72 Å². The van der Waals surface area contributed by atoms with E-state index in [1.54, 1.807) is 7.11 Å². The number of methoxy groups -OCH3 is 1. The summed E-state index contributed by atoms with van der Waals surface area (Å²) in [5.74, 6) is 0.728. The van der Waals surface area contributed by atoms with Crippen LogP contribution < -0.4 is 9.46 Å². The number of nitrogens with one attached hydrogen (secondary N) is 1. The van der Waals surface area contributed by atoms with E-state index >= 15 is 0 Å². The van der Waals surface area contributed by atoms with Crippen LogP contribution in [0.5, 0.6) is 5.75 Å². The summed E-state index contributed by atoms with van der Waals surface area (Å²) in [5, 5.41) is 0. The van der Waals surface area contributed by atoms with Gasteiger partial charge in [-0.15, -0.1) is 0 Å². The van der Waals surface area contributed by atoms with Gasteiger partial charge in [0.25, 0.3) is 10.2 Å². The van der Waals surface area contributed by atoms with E-state index in [1.807, 2.05) is 54.6 Å². The number of benzene rings is 2. The van der Waals surface area contributed by atoms with Crippen LogP contribution in [0.25, 0.3) is 0 Å². The van der Waals surface area contributed by atoms with Gasteiger partial charge in [0.1, 0.15) is 5.75 Å². The average molecular weight is 320 g/mol. The molecule has 0 aliphatic heterocycles. The summed E-state index contributed by atoms with van der Waals surface area (Å²) < 4.78 is 33.4. The van der Waals surface area contributed by atoms with Crippen LogP contribution in [-0.4, -0.2) is 33.9 Å². The molecule has 0 fully saturated rings. The topological polar surface area (TPSA) is 58.6 Å². The van der Waals surface area contributed by atoms with Gasteiger partial charge in [-0.2, -0.15) is 17.4 Å². The molecule has 5 nitrogen and oxygen atoms in total. The van der Waals surface area contributed by atoms with Gasteiger partial charge in [0.2, 0.25) is 0 Å². The molecule has 1 N–H and O–H groups in total. The van der Waals surface area contributed by atoms with E-state index in [0.29, 0.717) is 0 Å². The van der Waals surface area contributed by atoms with Crippen molar-refractivity contribution in [1.82, 2.24) is 9.03 Å². The Hall–Kier alpha value is -1.89. The minimum absolute atomic E-state index is 0.459. The number of hydrogen-bond donors (Lipinski definition) is 1. The molecule has 0 bridgehead atoms. The van der Waals surface area contributed by atoms with Crippen molar-refractivity contribution in [3.63, 3.8) is 0 Å². The SMILES string of the molecule is COc1ccc([C@H](NS(=O)(=O)N(C)C)c2ccccc2)cc1. The Morgan fingerprint density at radius 1 is 0.955 bits per heavy atom. The third-order valence-electron chi connectivity index (χ3n) is 3.33. The molecular weight excluding hydrogens is 300 g/mol. The van der Waals surface area contributed by atoms with Gasteiger partial charge in [-0.1, -0.05) is 42.5 Å². The molecule has 0 aliphatic rings. The number of nitrogens with zero attached hydrogens (tertiary/aromatic N) is 1. The Labute approximate surface area is 131 Å². The summed E-state index contributed by atoms with van der Waals surface area (Å²) in [7, 11) is 1.04. The lowest BCUT2D eigenvalue weighted by Crippen LogP contribution is -2.38. The predicted molar refractivity (Wildman–Crippen MR) is 87.0 cm³/mol. The van der Waals surface area contributed by atoms with Gasteiger partial charge >= 0.3 is 0 Å². The van der Waals surface area contributed by atoms with Crippen LogP contribution in [0.4, 0.5) is 0 Å². The average Bonchev–Trinajstić information content (AvgIpc) is 2.53. The van der Waals surface area contributed by atoms with Crippen LogP contribution in [-0.2, 0) is 10.2 Å². The molecule has 2 rings (SSSR count). The second-order valence-electron chi connectivity index (χ2n) is 5.02. The maximum Gasteiger partial charge on any atom is 0.279 e. The van der Waals surface area contributed by atoms with Gasteiger partial charge in [-0.3, -0.25) is 0 Å². The van der Waals surface area contributed by atoms with E-state index in [1.165, 1.54) is 14.1 Å². The molecule has 0 aliphatic carbocycles. The smallest absolute Gasteiger partial charge is 0.279 e. The maximum absolute atomic E-state index is 12.2. The molecule has 118 valence electrons. The summed E-state index contributed by atoms with van der Waals surface area (Å²) in [6.45, 7) is 0. The molecule has 22 heavy (non-hydrogen) atoms. The van der Waals surface area contributed by atoms with Crippen molar-refractivity contribution < 1.29 is 13.2 Å². The van der Waals surface area contributed by atoms with E-state index in [-0.39, 0.29) is 0 Å². The van der Waals surface area contributed by atoms with Gasteiger partial charge in [0.05, 0.1) is 13.2 Å². The quantitative estimate of drug-likeness (QED) is 0.887. The second kappa shape index (κ2) is 6.91. The Morgan fingerprint density at radius 2 is 1.50 bits per heavy atom. The molecule has 0 radical (unpaired) electrons. The number of ether oxygens (including phenoxy) is 1. The minimum Gasteiger partial charge on any atom is -0.497 e. The molecule has 0 unspecified atom stereocenters. The fraction of sp³-hybridized carbons (Fsp3) is 0.250. The van der Waals surface area contributed by atoms with E-state index < -0.39 is 16.3 Å². The van der Waals surface area contributed by atoms with Crippen LogP contribution in [0.1, 0.15) is 17.2 Å². The van der Waals surface area contributed by atoms with Crippen LogP contribution >= 0.6 is 0 Å². The molecule has 1 atom stereocenters. The highest BCUT2D eigenvalue weighted by Gasteiger charge is 2.22. The number of rotatable bonds is 6. The molecule has 0 heterocycles. The molecule has 0 saturated carbocycles. The summed E-state index contributed by atoms with van der Waals surface area (Å²) in [4.78, 5) is 0. The van der Waals surface area contributed by atoms with Crippen molar-refractivity contribution in [1.29, 1.82) is 0 Å². The molecule has 0 saturated heterocycles. The van der Waals surface area contributed by atoms with Crippen molar-refractivity contribution in [3.05, 3.63) is 65.7 Å². The Balaban J connectivity index is 2.41. The first-order valence-corrected chi connectivity index (χ1v) is 8.26. The fourth-order valence-corrected chi connectivity index (χ4v) is 2.81. The zero-order valence-electron chi connectivity index (χ0n) is 12.9. The Morgan fingerprint density at radius 3 is 2.00 bits per heavy atom. The molecule has 2 aromatic carbocycles. The highest BCUT2D eigenvalue weighted by molar-refractivity contribution is 7.87. The summed E-state index contributed by atoms with van der Waals surface area (Å²) in [6, 6.07) is 16.3. The van der Waals surface area contributed by atoms with Crippen LogP contribution in [0.2, 0.25) is 0 Å². The zero-order valence-corrected chi connectivity index (χ0v) is 13.7. The summed E-state index contributed by atoms with van der Waals surface area (Å²) >= 11 is 0. The lowest BCUT2D eigenvalue weighted by Gasteiger charge is -2.22. The van der Waals surface area contributed by atoms with Gasteiger partial charge in [0.15, 0.2) is 0 Å². The lowest BCUT2D eigenvalue weighted by molar-refractivity contribution is 0.414. The summed E-state index contributed by atoms with van der Waals surface area (Å²) in [6.07, 6.45) is 0. The van der Waals surface area contributed by atoms with E-state index in [4.69, 9.17) is 4.74 Å². The first-order chi connectivity index (χ1) is 10.4. The minimum atomic E-state index is -3.56. The highest BCUT2D eigenvalue weighted by atomic mass is 32.2. The second-order valence-corrected chi connectivity index (χ2v) is 6.94. The zero-order chi connectivity index (χ0) is 16.2. The van der Waals surface area contributed by atoms with Gasteiger partial charge in [0, 0.05) is 14.1 Å². The molecule has 0 amide bonds. The van der Waals surface area contributed by atoms with Crippen LogP contribution in [0.15, 0.2) is 54.6 Å². The van der Waals surface area contributed by atoms with Gasteiger partial charge < -0.3 is 4.74 Å². The monoisotopic (exact) mass is 320 g/mol. The van der Waals surface area contributed by atoms with Crippen molar-refractivity contribution in [2.75, 3.05) is 21.2 Å². The number of hydrogen-bond acceptors (Lipinski definition) is 3. The largest absolute Gasteiger partial charge is 0.497 e. The molecule has 0 aromatic heterocycles. The molecule has 0 spiro atoms. The third-order valence-corrected chi connectivity index (χ3v) is 4.82. The van der Waals surface area contributed by atoms with E-state index in [0.717, 1.165) is 21.2 Å². The fourth-order valence-electron chi connectivity index (χ4n) is 2.02. The molecule has 2 aromatic rings. The van der Waals surface area contributed by atoms with Crippen molar-refractivity contribution in [2.45, 2.75) is 6.04 Å². The Kier molecular flexibility index (Phi) is 5.18. The third kappa shape index (κ3) is 3.85. The van der Waals surface area contributed by atoms with Crippen molar-refractivity contribution in [2.24, 2.45) is 0 Å². The lowest BCUT2D eigenvalue weighted by atomic mass is 10.00. The van der Waals surface area contributed by atoms with E-state index in [9.17, 15) is 8.42 Å². The molecule has 6 heteroatoms. The van der Waals surface area contributed by atoms with Crippen LogP contribution in [0.3, 0.4) is 0 Å². The summed E-state index contributed by atoms with van der Waals surface area (Å²) in [5.41, 5.74) is 1.72. The first kappa shape index (κ1) is 16.5. The molecular formula is C16H20N2O3S. The van der Waals surface area contributed by atoms with Gasteiger partial charge in [-0.05, 0) is 23.3 Å². The normalized spacial score (nSPS) is 13.1. The van der Waals surface area contributed by atoms with Crippen molar-refractivity contribution >= 4 is 10.2 Å². The van der Waals surface area contributed by atoms with Gasteiger partial charge in [-0.25, -0.2) is 0 Å².